The number of benzene rings is 2. The maximum atomic E-state index is 13.2. The van der Waals surface area contributed by atoms with Crippen LogP contribution < -0.4 is 9.64 Å². The molecule has 1 aliphatic heterocycles. The third kappa shape index (κ3) is 3.39. The Hall–Kier alpha value is -2.07. The summed E-state index contributed by atoms with van der Waals surface area (Å²) < 4.78 is 18.7. The normalized spacial score (nSPS) is 15.8. The highest BCUT2D eigenvalue weighted by Crippen LogP contribution is 2.28. The van der Waals surface area contributed by atoms with Gasteiger partial charge in [0.05, 0.1) is 12.8 Å². The van der Waals surface area contributed by atoms with E-state index in [9.17, 15) is 4.39 Å². The van der Waals surface area contributed by atoms with Crippen molar-refractivity contribution < 1.29 is 9.13 Å². The van der Waals surface area contributed by atoms with Crippen LogP contribution in [0.1, 0.15) is 5.56 Å². The van der Waals surface area contributed by atoms with Crippen molar-refractivity contribution >= 4 is 5.69 Å². The molecule has 2 aromatic rings. The Labute approximate surface area is 130 Å². The van der Waals surface area contributed by atoms with Gasteiger partial charge in [-0.1, -0.05) is 24.3 Å². The molecule has 0 N–H and O–H groups in total. The van der Waals surface area contributed by atoms with E-state index in [1.807, 2.05) is 24.3 Å². The molecule has 3 rings (SSSR count). The van der Waals surface area contributed by atoms with Gasteiger partial charge in [0.25, 0.3) is 0 Å². The number of methoxy groups -OCH3 is 1. The monoisotopic (exact) mass is 300 g/mol. The van der Waals surface area contributed by atoms with Gasteiger partial charge in [-0.3, -0.25) is 4.90 Å². The minimum Gasteiger partial charge on any atom is -0.495 e. The van der Waals surface area contributed by atoms with Crippen molar-refractivity contribution in [2.45, 2.75) is 6.54 Å². The topological polar surface area (TPSA) is 15.7 Å². The zero-order valence-electron chi connectivity index (χ0n) is 12.8. The Morgan fingerprint density at radius 1 is 1.00 bits per heavy atom. The SMILES string of the molecule is COc1ccccc1N1CCN(Cc2cccc(F)c2)CC1. The number of rotatable bonds is 4. The number of ether oxygens (including phenoxy) is 1. The molecule has 0 atom stereocenters. The van der Waals surface area contributed by atoms with Crippen LogP contribution in [0.15, 0.2) is 48.5 Å². The molecular formula is C18H21FN2O. The molecule has 116 valence electrons. The maximum absolute atomic E-state index is 13.2. The van der Waals surface area contributed by atoms with Crippen LogP contribution in [-0.4, -0.2) is 38.2 Å². The average Bonchev–Trinajstić information content (AvgIpc) is 2.56. The van der Waals surface area contributed by atoms with Crippen LogP contribution in [-0.2, 0) is 6.54 Å². The van der Waals surface area contributed by atoms with Crippen LogP contribution in [0.4, 0.5) is 10.1 Å². The fraction of sp³-hybridized carbons (Fsp3) is 0.333. The Bertz CT molecular complexity index is 624. The van der Waals surface area contributed by atoms with Gasteiger partial charge < -0.3 is 9.64 Å². The number of para-hydroxylation sites is 2. The molecule has 0 saturated carbocycles. The van der Waals surface area contributed by atoms with Gasteiger partial charge in [-0.15, -0.1) is 0 Å². The Kier molecular flexibility index (Phi) is 4.59. The van der Waals surface area contributed by atoms with Gasteiger partial charge in [0, 0.05) is 32.7 Å². The predicted molar refractivity (Wildman–Crippen MR) is 86.9 cm³/mol. The second-order valence-corrected chi connectivity index (χ2v) is 5.56. The molecule has 0 amide bonds. The molecule has 1 heterocycles. The van der Waals surface area contributed by atoms with Crippen LogP contribution in [0, 0.1) is 5.82 Å². The van der Waals surface area contributed by atoms with Crippen LogP contribution >= 0.6 is 0 Å². The lowest BCUT2D eigenvalue weighted by Crippen LogP contribution is -2.46. The number of anilines is 1. The number of nitrogens with zero attached hydrogens (tertiary/aromatic N) is 2. The summed E-state index contributed by atoms with van der Waals surface area (Å²) in [7, 11) is 1.71. The minimum atomic E-state index is -0.162. The first kappa shape index (κ1) is 14.9. The molecule has 0 aliphatic carbocycles. The summed E-state index contributed by atoms with van der Waals surface area (Å²) in [5, 5.41) is 0. The Balaban J connectivity index is 1.60. The molecule has 22 heavy (non-hydrogen) atoms. The highest BCUT2D eigenvalue weighted by atomic mass is 19.1. The summed E-state index contributed by atoms with van der Waals surface area (Å²) in [6, 6.07) is 15.0. The predicted octanol–water partition coefficient (Wildman–Crippen LogP) is 3.16. The summed E-state index contributed by atoms with van der Waals surface area (Å²) in [6.07, 6.45) is 0. The Morgan fingerprint density at radius 3 is 2.50 bits per heavy atom. The van der Waals surface area contributed by atoms with E-state index >= 15 is 0 Å². The van der Waals surface area contributed by atoms with Crippen molar-refractivity contribution in [1.82, 2.24) is 4.90 Å². The summed E-state index contributed by atoms with van der Waals surface area (Å²) in [5.41, 5.74) is 2.18. The van der Waals surface area contributed by atoms with Crippen molar-refractivity contribution in [3.63, 3.8) is 0 Å². The minimum absolute atomic E-state index is 0.162. The second kappa shape index (κ2) is 6.79. The van der Waals surface area contributed by atoms with Crippen molar-refractivity contribution in [3.05, 3.63) is 59.9 Å². The second-order valence-electron chi connectivity index (χ2n) is 5.56. The van der Waals surface area contributed by atoms with Gasteiger partial charge in [0.2, 0.25) is 0 Å². The average molecular weight is 300 g/mol. The summed E-state index contributed by atoms with van der Waals surface area (Å²) in [4.78, 5) is 4.71. The zero-order valence-corrected chi connectivity index (χ0v) is 12.8. The molecule has 1 saturated heterocycles. The molecule has 3 nitrogen and oxygen atoms in total. The van der Waals surface area contributed by atoms with Crippen LogP contribution in [0.3, 0.4) is 0 Å². The van der Waals surface area contributed by atoms with Crippen molar-refractivity contribution in [1.29, 1.82) is 0 Å². The van der Waals surface area contributed by atoms with Crippen LogP contribution in [0.25, 0.3) is 0 Å². The summed E-state index contributed by atoms with van der Waals surface area (Å²) >= 11 is 0. The highest BCUT2D eigenvalue weighted by molar-refractivity contribution is 5.58. The van der Waals surface area contributed by atoms with E-state index in [-0.39, 0.29) is 5.82 Å². The first-order chi connectivity index (χ1) is 10.8. The largest absolute Gasteiger partial charge is 0.495 e. The lowest BCUT2D eigenvalue weighted by atomic mass is 10.2. The number of hydrogen-bond acceptors (Lipinski definition) is 3. The smallest absolute Gasteiger partial charge is 0.142 e. The van der Waals surface area contributed by atoms with Crippen molar-refractivity contribution in [2.75, 3.05) is 38.2 Å². The third-order valence-electron chi connectivity index (χ3n) is 4.09. The molecule has 1 fully saturated rings. The van der Waals surface area contributed by atoms with Crippen LogP contribution in [0.5, 0.6) is 5.75 Å². The molecular weight excluding hydrogens is 279 g/mol. The van der Waals surface area contributed by atoms with E-state index in [0.717, 1.165) is 49.7 Å². The van der Waals surface area contributed by atoms with Crippen LogP contribution in [0.2, 0.25) is 0 Å². The maximum Gasteiger partial charge on any atom is 0.142 e. The number of halogens is 1. The van der Waals surface area contributed by atoms with Gasteiger partial charge in [0.1, 0.15) is 11.6 Å². The molecule has 0 bridgehead atoms. The number of piperazine rings is 1. The standard InChI is InChI=1S/C18H21FN2O/c1-22-18-8-3-2-7-17(18)21-11-9-20(10-12-21)14-15-5-4-6-16(19)13-15/h2-8,13H,9-12,14H2,1H3. The molecule has 0 spiro atoms. The fourth-order valence-corrected chi connectivity index (χ4v) is 2.93. The number of hydrogen-bond donors (Lipinski definition) is 0. The molecule has 0 unspecified atom stereocenters. The molecule has 1 aliphatic rings. The third-order valence-corrected chi connectivity index (χ3v) is 4.09. The zero-order chi connectivity index (χ0) is 15.4. The molecule has 4 heteroatoms. The lowest BCUT2D eigenvalue weighted by Gasteiger charge is -2.36. The van der Waals surface area contributed by atoms with Crippen molar-refractivity contribution in [3.8, 4) is 5.75 Å². The van der Waals surface area contributed by atoms with E-state index in [4.69, 9.17) is 4.74 Å². The molecule has 2 aromatic carbocycles. The summed E-state index contributed by atoms with van der Waals surface area (Å²) in [6.45, 7) is 4.64. The fourth-order valence-electron chi connectivity index (χ4n) is 2.93. The van der Waals surface area contributed by atoms with E-state index in [1.54, 1.807) is 19.2 Å². The van der Waals surface area contributed by atoms with E-state index in [1.165, 1.54) is 6.07 Å². The Morgan fingerprint density at radius 2 is 1.77 bits per heavy atom. The van der Waals surface area contributed by atoms with Gasteiger partial charge in [-0.2, -0.15) is 0 Å². The quantitative estimate of drug-likeness (QED) is 0.862. The van der Waals surface area contributed by atoms with Crippen molar-refractivity contribution in [2.24, 2.45) is 0 Å². The van der Waals surface area contributed by atoms with E-state index < -0.39 is 0 Å². The highest BCUT2D eigenvalue weighted by Gasteiger charge is 2.19. The first-order valence-electron chi connectivity index (χ1n) is 7.61. The van der Waals surface area contributed by atoms with Gasteiger partial charge in [0.15, 0.2) is 0 Å². The van der Waals surface area contributed by atoms with Gasteiger partial charge in [-0.05, 0) is 29.8 Å². The van der Waals surface area contributed by atoms with Gasteiger partial charge >= 0.3 is 0 Å². The summed E-state index contributed by atoms with van der Waals surface area (Å²) in [5.74, 6) is 0.756. The van der Waals surface area contributed by atoms with Gasteiger partial charge in [-0.25, -0.2) is 4.39 Å². The molecule has 0 radical (unpaired) electrons. The van der Waals surface area contributed by atoms with E-state index in [0.29, 0.717) is 0 Å². The first-order valence-corrected chi connectivity index (χ1v) is 7.61. The van der Waals surface area contributed by atoms with E-state index in [2.05, 4.69) is 15.9 Å². The lowest BCUT2D eigenvalue weighted by molar-refractivity contribution is 0.249. The molecule has 0 aromatic heterocycles.